The van der Waals surface area contributed by atoms with Crippen LogP contribution < -0.4 is 21.5 Å². The molecule has 1 fully saturated rings. The van der Waals surface area contributed by atoms with E-state index in [4.69, 9.17) is 35.3 Å². The lowest BCUT2D eigenvalue weighted by atomic mass is 9.99. The molecule has 0 radical (unpaired) electrons. The van der Waals surface area contributed by atoms with Gasteiger partial charge in [-0.2, -0.15) is 17.9 Å². The zero-order chi connectivity index (χ0) is 53.6. The molecule has 23 heteroatoms. The molecule has 1 unspecified atom stereocenters. The molecule has 2 aromatic heterocycles. The largest absolute Gasteiger partial charge is 0.416 e. The minimum Gasteiger partial charge on any atom is -0.382 e. The molecule has 6 aromatic rings. The van der Waals surface area contributed by atoms with Gasteiger partial charge in [0.1, 0.15) is 12.6 Å². The second-order valence-electron chi connectivity index (χ2n) is 17.8. The minimum atomic E-state index is -4.50. The Hall–Kier alpha value is -7.21. The Morgan fingerprint density at radius 1 is 0.750 bits per heavy atom. The van der Waals surface area contributed by atoms with Crippen LogP contribution in [0.25, 0.3) is 28.2 Å². The highest BCUT2D eigenvalue weighted by molar-refractivity contribution is 6.31. The van der Waals surface area contributed by atoms with E-state index in [1.807, 2.05) is 24.3 Å². The van der Waals surface area contributed by atoms with Crippen molar-refractivity contribution < 1.29 is 60.8 Å². The van der Waals surface area contributed by atoms with Gasteiger partial charge in [-0.25, -0.2) is 4.98 Å². The molecule has 4 heterocycles. The number of ether oxygens (including phenoxy) is 5. The van der Waals surface area contributed by atoms with Crippen LogP contribution >= 0.6 is 11.6 Å². The van der Waals surface area contributed by atoms with Gasteiger partial charge < -0.3 is 39.3 Å². The van der Waals surface area contributed by atoms with Gasteiger partial charge in [-0.3, -0.25) is 44.1 Å². The van der Waals surface area contributed by atoms with Crippen molar-refractivity contribution in [2.24, 2.45) is 0 Å². The van der Waals surface area contributed by atoms with E-state index in [2.05, 4.69) is 31.0 Å². The molecule has 2 aliphatic heterocycles. The fourth-order valence-electron chi connectivity index (χ4n) is 8.67. The number of hydrogen-bond acceptors (Lipinski definition) is 13. The lowest BCUT2D eigenvalue weighted by Gasteiger charge is -2.27. The number of nitrogens with one attached hydrogen (secondary N) is 5. The Kier molecular flexibility index (Phi) is 18.8. The first-order valence-electron chi connectivity index (χ1n) is 24.7. The molecule has 2 aliphatic rings. The molecular formula is C53H56ClF3N8O11. The number of halogens is 4. The first-order valence-corrected chi connectivity index (χ1v) is 25.1. The number of nitrogens with zero attached hydrogens (tertiary/aromatic N) is 3. The normalized spacial score (nSPS) is 14.7. The van der Waals surface area contributed by atoms with Crippen molar-refractivity contribution in [3.05, 3.63) is 134 Å². The van der Waals surface area contributed by atoms with Crippen LogP contribution in [0.15, 0.2) is 89.7 Å². The standard InChI is InChI=1S/C53H56ClF3N8O11/c54-37-15-17-40-42(31-37)61-52(60-40)65-50(70)39(47(63-65)35-11-13-36(14-12-35)53(55,56)57)16-10-34-8-6-33(7-9-34)3-2-22-72-25-28-75-29-30-76-32-45(67)59-21-24-74-27-26-73-23-20-58-41-5-1-4-38-46(41)51(71)64(49(38)69)43-18-19-44(66)62-48(43)68/h1,4-9,11-15,17,31,43,58,63H,2-3,10,16,18-30,32H2,(H,59,67)(H,60,61)(H,62,66,68). The number of aryl methyl sites for hydroxylation is 2. The zero-order valence-electron chi connectivity index (χ0n) is 41.2. The van der Waals surface area contributed by atoms with Crippen molar-refractivity contribution in [3.8, 4) is 17.2 Å². The summed E-state index contributed by atoms with van der Waals surface area (Å²) in [6.07, 6.45) is -1.99. The fourth-order valence-corrected chi connectivity index (χ4v) is 8.84. The van der Waals surface area contributed by atoms with Crippen LogP contribution in [0.4, 0.5) is 18.9 Å². The van der Waals surface area contributed by atoms with E-state index in [0.29, 0.717) is 84.4 Å². The highest BCUT2D eigenvalue weighted by Gasteiger charge is 2.45. The predicted molar refractivity (Wildman–Crippen MR) is 272 cm³/mol. The number of fused-ring (bicyclic) bond motifs is 2. The Bertz CT molecular complexity index is 3070. The molecule has 4 aromatic carbocycles. The van der Waals surface area contributed by atoms with Crippen LogP contribution in [-0.4, -0.2) is 139 Å². The van der Waals surface area contributed by atoms with E-state index in [-0.39, 0.29) is 87.6 Å². The van der Waals surface area contributed by atoms with Crippen LogP contribution in [0.5, 0.6) is 0 Å². The quantitative estimate of drug-likeness (QED) is 0.0289. The summed E-state index contributed by atoms with van der Waals surface area (Å²) in [6.45, 7) is 3.43. The molecule has 5 amide bonds. The van der Waals surface area contributed by atoms with Gasteiger partial charge in [-0.05, 0) is 91.3 Å². The van der Waals surface area contributed by atoms with Gasteiger partial charge >= 0.3 is 6.18 Å². The second kappa shape index (κ2) is 26.0. The van der Waals surface area contributed by atoms with E-state index in [1.165, 1.54) is 22.9 Å². The van der Waals surface area contributed by atoms with E-state index in [9.17, 15) is 41.9 Å². The van der Waals surface area contributed by atoms with Crippen LogP contribution in [-0.2, 0) is 63.5 Å². The van der Waals surface area contributed by atoms with Crippen molar-refractivity contribution >= 4 is 57.9 Å². The summed E-state index contributed by atoms with van der Waals surface area (Å²) >= 11 is 6.15. The summed E-state index contributed by atoms with van der Waals surface area (Å²) in [5.74, 6) is -2.35. The molecule has 1 saturated heterocycles. The number of aromatic nitrogens is 4. The average molecular weight is 1070 g/mol. The summed E-state index contributed by atoms with van der Waals surface area (Å²) in [4.78, 5) is 84.7. The molecular weight excluding hydrogens is 1020 g/mol. The lowest BCUT2D eigenvalue weighted by molar-refractivity contribution is -0.138. The molecule has 76 heavy (non-hydrogen) atoms. The number of imide groups is 2. The number of hydrogen-bond donors (Lipinski definition) is 5. The molecule has 1 atom stereocenters. The third-order valence-electron chi connectivity index (χ3n) is 12.5. The van der Waals surface area contributed by atoms with E-state index >= 15 is 0 Å². The van der Waals surface area contributed by atoms with Gasteiger partial charge in [0.15, 0.2) is 0 Å². The number of rotatable bonds is 28. The van der Waals surface area contributed by atoms with Gasteiger partial charge in [0.2, 0.25) is 23.7 Å². The zero-order valence-corrected chi connectivity index (χ0v) is 42.0. The topological polar surface area (TPSA) is 237 Å². The number of H-pyrrole nitrogens is 2. The highest BCUT2D eigenvalue weighted by atomic mass is 35.5. The average Bonchev–Trinajstić information content (AvgIpc) is 4.07. The van der Waals surface area contributed by atoms with Gasteiger partial charge in [0, 0.05) is 42.4 Å². The SMILES string of the molecule is O=C(COCCOCCOCCCc1ccc(CCc2c(-c3ccc(C(F)(F)F)cc3)[nH]n(-c3nc4ccc(Cl)cc4[nH]3)c2=O)cc1)NCCOCCOCCNc1cccc2c1C(=O)N(C1CCC(=O)NC1=O)C2=O. The number of aromatic amines is 2. The molecule has 8 rings (SSSR count). The molecule has 402 valence electrons. The number of carbonyl (C=O) groups excluding carboxylic acids is 5. The number of piperidine rings is 1. The van der Waals surface area contributed by atoms with Crippen LogP contribution in [0.3, 0.4) is 0 Å². The van der Waals surface area contributed by atoms with Crippen molar-refractivity contribution in [1.29, 1.82) is 0 Å². The summed E-state index contributed by atoms with van der Waals surface area (Å²) in [7, 11) is 0. The van der Waals surface area contributed by atoms with Crippen molar-refractivity contribution in [2.75, 3.05) is 84.5 Å². The van der Waals surface area contributed by atoms with E-state index in [0.717, 1.165) is 41.0 Å². The minimum absolute atomic E-state index is 0.0387. The maximum Gasteiger partial charge on any atom is 0.416 e. The Balaban J connectivity index is 0.635. The number of carbonyl (C=O) groups is 5. The van der Waals surface area contributed by atoms with Gasteiger partial charge in [-0.1, -0.05) is 54.1 Å². The number of benzene rings is 4. The second-order valence-corrected chi connectivity index (χ2v) is 18.2. The Morgan fingerprint density at radius 3 is 2.13 bits per heavy atom. The molecule has 0 saturated carbocycles. The van der Waals surface area contributed by atoms with Crippen LogP contribution in [0.1, 0.15) is 62.2 Å². The first-order chi connectivity index (χ1) is 36.7. The molecule has 0 spiro atoms. The van der Waals surface area contributed by atoms with E-state index < -0.39 is 41.4 Å². The van der Waals surface area contributed by atoms with Crippen LogP contribution in [0, 0.1) is 0 Å². The van der Waals surface area contributed by atoms with Gasteiger partial charge in [0.25, 0.3) is 17.4 Å². The van der Waals surface area contributed by atoms with Gasteiger partial charge in [0.05, 0.1) is 86.3 Å². The maximum absolute atomic E-state index is 13.9. The van der Waals surface area contributed by atoms with Crippen molar-refractivity contribution in [2.45, 2.75) is 50.7 Å². The Morgan fingerprint density at radius 2 is 1.42 bits per heavy atom. The predicted octanol–water partition coefficient (Wildman–Crippen LogP) is 5.81. The lowest BCUT2D eigenvalue weighted by Crippen LogP contribution is -2.54. The fraction of sp³-hybridized carbons (Fsp3) is 0.377. The Labute approximate surface area is 438 Å². The van der Waals surface area contributed by atoms with Crippen molar-refractivity contribution in [1.82, 2.24) is 35.3 Å². The summed E-state index contributed by atoms with van der Waals surface area (Å²) in [6, 6.07) is 21.6. The smallest absolute Gasteiger partial charge is 0.382 e. The summed E-state index contributed by atoms with van der Waals surface area (Å²) < 4.78 is 69.1. The number of alkyl halides is 3. The molecule has 19 nitrogen and oxygen atoms in total. The molecule has 0 bridgehead atoms. The van der Waals surface area contributed by atoms with Gasteiger partial charge in [-0.15, -0.1) is 0 Å². The van der Waals surface area contributed by atoms with Crippen LogP contribution in [0.2, 0.25) is 5.02 Å². The summed E-state index contributed by atoms with van der Waals surface area (Å²) in [5.41, 5.74) is 4.19. The van der Waals surface area contributed by atoms with Crippen molar-refractivity contribution in [3.63, 3.8) is 0 Å². The maximum atomic E-state index is 13.9. The molecule has 5 N–H and O–H groups in total. The third-order valence-corrected chi connectivity index (χ3v) is 12.8. The van der Waals surface area contributed by atoms with E-state index in [1.54, 1.807) is 30.3 Å². The number of imidazole rings is 1. The number of anilines is 1. The molecule has 0 aliphatic carbocycles. The highest BCUT2D eigenvalue weighted by Crippen LogP contribution is 2.33. The number of amides is 5. The first kappa shape index (κ1) is 55.0. The summed E-state index contributed by atoms with van der Waals surface area (Å²) in [5, 5.41) is 11.6. The monoisotopic (exact) mass is 1070 g/mol. The third kappa shape index (κ3) is 14.2.